The number of unbranched alkanes of at least 4 members (excludes halogenated alkanes) is 1. The van der Waals surface area contributed by atoms with E-state index in [9.17, 15) is 5.21 Å². The molecule has 0 aromatic rings. The summed E-state index contributed by atoms with van der Waals surface area (Å²) in [5, 5.41) is 9.58. The topological polar surface area (TPSA) is 20.2 Å². The lowest BCUT2D eigenvalue weighted by Gasteiger charge is -2.24. The van der Waals surface area contributed by atoms with Crippen LogP contribution in [0.3, 0.4) is 0 Å². The number of hydrogen-bond donors (Lipinski definition) is 1. The van der Waals surface area contributed by atoms with Crippen LogP contribution in [-0.4, -0.2) is 30.0 Å². The molecular formula is C8H20NO+. The second-order valence-electron chi connectivity index (χ2n) is 3.14. The standard InChI is InChI=1S/C8H20NO/c1-4-6-8-9(3,10)7-5-2/h10H,4-8H2,1-3H3/q+1. The Kier molecular flexibility index (Phi) is 4.65. The zero-order valence-electron chi connectivity index (χ0n) is 7.43. The third-order valence-corrected chi connectivity index (χ3v) is 1.70. The molecule has 0 saturated carbocycles. The Bertz CT molecular complexity index is 81.3. The van der Waals surface area contributed by atoms with Crippen molar-refractivity contribution in [3.8, 4) is 0 Å². The van der Waals surface area contributed by atoms with E-state index in [1.165, 1.54) is 0 Å². The number of hydroxylamine groups is 3. The molecule has 2 heteroatoms. The number of quaternary nitrogens is 1. The van der Waals surface area contributed by atoms with Crippen LogP contribution in [0.1, 0.15) is 33.1 Å². The lowest BCUT2D eigenvalue weighted by atomic mass is 10.3. The van der Waals surface area contributed by atoms with Gasteiger partial charge in [0.15, 0.2) is 0 Å². The van der Waals surface area contributed by atoms with Crippen LogP contribution in [0.25, 0.3) is 0 Å². The van der Waals surface area contributed by atoms with Crippen molar-refractivity contribution in [1.29, 1.82) is 0 Å². The van der Waals surface area contributed by atoms with Crippen molar-refractivity contribution in [2.45, 2.75) is 33.1 Å². The molecule has 0 spiro atoms. The van der Waals surface area contributed by atoms with Gasteiger partial charge in [0.05, 0.1) is 7.05 Å². The molecule has 1 unspecified atom stereocenters. The quantitative estimate of drug-likeness (QED) is 0.465. The first kappa shape index (κ1) is 9.92. The summed E-state index contributed by atoms with van der Waals surface area (Å²) in [7, 11) is 1.87. The Morgan fingerprint density at radius 3 is 2.10 bits per heavy atom. The minimum Gasteiger partial charge on any atom is -0.217 e. The van der Waals surface area contributed by atoms with Crippen molar-refractivity contribution in [1.82, 2.24) is 0 Å². The minimum atomic E-state index is 0.199. The number of hydrogen-bond acceptors (Lipinski definition) is 1. The van der Waals surface area contributed by atoms with Crippen molar-refractivity contribution in [3.63, 3.8) is 0 Å². The third-order valence-electron chi connectivity index (χ3n) is 1.70. The molecule has 1 atom stereocenters. The van der Waals surface area contributed by atoms with E-state index in [-0.39, 0.29) is 4.65 Å². The van der Waals surface area contributed by atoms with Gasteiger partial charge < -0.3 is 0 Å². The maximum atomic E-state index is 9.58. The van der Waals surface area contributed by atoms with Gasteiger partial charge in [-0.2, -0.15) is 4.65 Å². The SMILES string of the molecule is CCCC[N+](C)(O)CCC. The van der Waals surface area contributed by atoms with Crippen LogP contribution in [-0.2, 0) is 0 Å². The normalized spacial score (nSPS) is 16.8. The van der Waals surface area contributed by atoms with Gasteiger partial charge in [0.2, 0.25) is 0 Å². The van der Waals surface area contributed by atoms with Crippen LogP contribution in [0.2, 0.25) is 0 Å². The van der Waals surface area contributed by atoms with Crippen LogP contribution in [0.5, 0.6) is 0 Å². The molecule has 0 saturated heterocycles. The molecule has 0 bridgehead atoms. The van der Waals surface area contributed by atoms with Crippen LogP contribution in [0.4, 0.5) is 0 Å². The van der Waals surface area contributed by atoms with E-state index >= 15 is 0 Å². The third kappa shape index (κ3) is 4.77. The molecule has 0 fully saturated rings. The van der Waals surface area contributed by atoms with E-state index in [2.05, 4.69) is 13.8 Å². The van der Waals surface area contributed by atoms with Gasteiger partial charge in [-0.3, -0.25) is 0 Å². The van der Waals surface area contributed by atoms with E-state index in [0.717, 1.165) is 32.4 Å². The van der Waals surface area contributed by atoms with Gasteiger partial charge in [0.25, 0.3) is 0 Å². The molecule has 2 nitrogen and oxygen atoms in total. The smallest absolute Gasteiger partial charge is 0.108 e. The fraction of sp³-hybridized carbons (Fsp3) is 1.00. The summed E-state index contributed by atoms with van der Waals surface area (Å²) in [4.78, 5) is 0. The predicted molar refractivity (Wildman–Crippen MR) is 42.9 cm³/mol. The second-order valence-corrected chi connectivity index (χ2v) is 3.14. The molecule has 0 rings (SSSR count). The summed E-state index contributed by atoms with van der Waals surface area (Å²) in [6, 6.07) is 0. The predicted octanol–water partition coefficient (Wildman–Crippen LogP) is 2.03. The average molecular weight is 146 g/mol. The van der Waals surface area contributed by atoms with Crippen molar-refractivity contribution < 1.29 is 9.85 Å². The van der Waals surface area contributed by atoms with Crippen LogP contribution < -0.4 is 0 Å². The summed E-state index contributed by atoms with van der Waals surface area (Å²) in [5.41, 5.74) is 0. The van der Waals surface area contributed by atoms with Crippen molar-refractivity contribution >= 4 is 0 Å². The molecule has 0 aromatic heterocycles. The molecule has 0 heterocycles. The summed E-state index contributed by atoms with van der Waals surface area (Å²) < 4.78 is 0.199. The lowest BCUT2D eigenvalue weighted by molar-refractivity contribution is -1.09. The zero-order chi connectivity index (χ0) is 8.04. The van der Waals surface area contributed by atoms with Gasteiger partial charge in [0.1, 0.15) is 13.1 Å². The van der Waals surface area contributed by atoms with Crippen molar-refractivity contribution in [3.05, 3.63) is 0 Å². The monoisotopic (exact) mass is 146 g/mol. The minimum absolute atomic E-state index is 0.199. The van der Waals surface area contributed by atoms with Gasteiger partial charge in [0, 0.05) is 0 Å². The first-order valence-corrected chi connectivity index (χ1v) is 4.19. The zero-order valence-corrected chi connectivity index (χ0v) is 7.43. The summed E-state index contributed by atoms with van der Waals surface area (Å²) in [6.07, 6.45) is 3.34. The van der Waals surface area contributed by atoms with E-state index in [1.807, 2.05) is 7.05 Å². The highest BCUT2D eigenvalue weighted by molar-refractivity contribution is 4.31. The Labute approximate surface area is 64.0 Å². The Hall–Kier alpha value is -0.0800. The molecule has 10 heavy (non-hydrogen) atoms. The van der Waals surface area contributed by atoms with Crippen LogP contribution in [0.15, 0.2) is 0 Å². The summed E-state index contributed by atoms with van der Waals surface area (Å²) in [6.45, 7) is 6.01. The first-order chi connectivity index (χ1) is 4.62. The molecular weight excluding hydrogens is 126 g/mol. The Balaban J connectivity index is 3.42. The molecule has 0 aliphatic heterocycles. The second kappa shape index (κ2) is 4.69. The summed E-state index contributed by atoms with van der Waals surface area (Å²) in [5.74, 6) is 0. The first-order valence-electron chi connectivity index (χ1n) is 4.19. The van der Waals surface area contributed by atoms with Gasteiger partial charge in [-0.1, -0.05) is 20.3 Å². The molecule has 0 aliphatic carbocycles. The molecule has 1 N–H and O–H groups in total. The molecule has 0 radical (unpaired) electrons. The van der Waals surface area contributed by atoms with E-state index in [1.54, 1.807) is 0 Å². The number of nitrogens with zero attached hydrogens (tertiary/aromatic N) is 1. The summed E-state index contributed by atoms with van der Waals surface area (Å²) >= 11 is 0. The fourth-order valence-electron chi connectivity index (χ4n) is 1.09. The molecule has 0 aromatic carbocycles. The molecule has 0 amide bonds. The fourth-order valence-corrected chi connectivity index (χ4v) is 1.09. The van der Waals surface area contributed by atoms with Crippen LogP contribution in [0, 0.1) is 0 Å². The van der Waals surface area contributed by atoms with E-state index < -0.39 is 0 Å². The lowest BCUT2D eigenvalue weighted by Crippen LogP contribution is -2.41. The van der Waals surface area contributed by atoms with Crippen molar-refractivity contribution in [2.24, 2.45) is 0 Å². The van der Waals surface area contributed by atoms with Gasteiger partial charge >= 0.3 is 0 Å². The highest BCUT2D eigenvalue weighted by Crippen LogP contribution is 2.01. The Morgan fingerprint density at radius 2 is 1.70 bits per heavy atom. The maximum absolute atomic E-state index is 9.58. The van der Waals surface area contributed by atoms with Crippen LogP contribution >= 0.6 is 0 Å². The van der Waals surface area contributed by atoms with Crippen molar-refractivity contribution in [2.75, 3.05) is 20.1 Å². The highest BCUT2D eigenvalue weighted by atomic mass is 16.5. The largest absolute Gasteiger partial charge is 0.217 e. The van der Waals surface area contributed by atoms with Gasteiger partial charge in [-0.15, -0.1) is 0 Å². The number of rotatable bonds is 5. The molecule has 0 aliphatic rings. The van der Waals surface area contributed by atoms with E-state index in [4.69, 9.17) is 0 Å². The highest BCUT2D eigenvalue weighted by Gasteiger charge is 2.15. The van der Waals surface area contributed by atoms with Gasteiger partial charge in [-0.05, 0) is 12.8 Å². The van der Waals surface area contributed by atoms with Gasteiger partial charge in [-0.25, -0.2) is 5.21 Å². The Morgan fingerprint density at radius 1 is 1.10 bits per heavy atom. The maximum Gasteiger partial charge on any atom is 0.108 e. The molecule has 62 valence electrons. The van der Waals surface area contributed by atoms with E-state index in [0.29, 0.717) is 0 Å². The average Bonchev–Trinajstić information content (AvgIpc) is 1.84.